The number of carbonyl (C=O) groups excluding carboxylic acids is 2. The molecule has 0 atom stereocenters. The van der Waals surface area contributed by atoms with Gasteiger partial charge in [0.25, 0.3) is 5.91 Å². The minimum Gasteiger partial charge on any atom is -0.300 e. The third kappa shape index (κ3) is 3.95. The molecule has 3 aromatic rings. The number of hydrogen-bond donors (Lipinski definition) is 1. The number of thiazole rings is 1. The number of nitrogens with one attached hydrogen (secondary N) is 1. The fourth-order valence-corrected chi connectivity index (χ4v) is 4.92. The Labute approximate surface area is 179 Å². The second kappa shape index (κ2) is 8.00. The number of fused-ring (bicyclic) bond motifs is 1. The summed E-state index contributed by atoms with van der Waals surface area (Å²) < 4.78 is 1.31. The first kappa shape index (κ1) is 19.1. The first-order valence-electron chi connectivity index (χ1n) is 8.16. The van der Waals surface area contributed by atoms with E-state index in [9.17, 15) is 9.59 Å². The molecule has 2 aromatic carbocycles. The van der Waals surface area contributed by atoms with Gasteiger partial charge in [0, 0.05) is 5.02 Å². The number of para-hydroxylation sites is 1. The number of amides is 2. The van der Waals surface area contributed by atoms with Crippen molar-refractivity contribution in [2.75, 3.05) is 11.9 Å². The molecule has 1 aliphatic rings. The van der Waals surface area contributed by atoms with Crippen molar-refractivity contribution in [2.45, 2.75) is 0 Å². The van der Waals surface area contributed by atoms with Gasteiger partial charge >= 0.3 is 0 Å². The van der Waals surface area contributed by atoms with Gasteiger partial charge in [-0.3, -0.25) is 14.5 Å². The molecule has 1 fully saturated rings. The van der Waals surface area contributed by atoms with Crippen LogP contribution in [-0.2, 0) is 9.59 Å². The third-order valence-electron chi connectivity index (χ3n) is 3.91. The quantitative estimate of drug-likeness (QED) is 0.462. The molecule has 0 spiro atoms. The number of aromatic nitrogens is 1. The molecule has 0 unspecified atom stereocenters. The highest BCUT2D eigenvalue weighted by Gasteiger charge is 2.33. The van der Waals surface area contributed by atoms with E-state index >= 15 is 0 Å². The fraction of sp³-hybridized carbons (Fsp3) is 0.0526. The second-order valence-corrected chi connectivity index (χ2v) is 8.94. The highest BCUT2D eigenvalue weighted by Crippen LogP contribution is 2.33. The van der Waals surface area contributed by atoms with Gasteiger partial charge in [0.1, 0.15) is 10.9 Å². The van der Waals surface area contributed by atoms with Crippen LogP contribution in [0.2, 0.25) is 5.02 Å². The Morgan fingerprint density at radius 2 is 1.96 bits per heavy atom. The van der Waals surface area contributed by atoms with E-state index in [1.807, 2.05) is 42.5 Å². The maximum absolute atomic E-state index is 12.7. The summed E-state index contributed by atoms with van der Waals surface area (Å²) >= 11 is 14.0. The van der Waals surface area contributed by atoms with Gasteiger partial charge in [-0.15, -0.1) is 0 Å². The molecule has 1 aromatic heterocycles. The van der Waals surface area contributed by atoms with E-state index < -0.39 is 0 Å². The van der Waals surface area contributed by atoms with Crippen LogP contribution in [0.4, 0.5) is 5.13 Å². The van der Waals surface area contributed by atoms with Crippen LogP contribution < -0.4 is 5.32 Å². The van der Waals surface area contributed by atoms with E-state index in [0.29, 0.717) is 19.4 Å². The molecule has 140 valence electrons. The van der Waals surface area contributed by atoms with E-state index in [1.54, 1.807) is 12.1 Å². The molecule has 0 bridgehead atoms. The molecular formula is C19H12ClN3O2S3. The van der Waals surface area contributed by atoms with Crippen molar-refractivity contribution in [3.63, 3.8) is 0 Å². The smallest absolute Gasteiger partial charge is 0.266 e. The SMILES string of the molecule is O=C(CN1C(=O)/C(=C\c2ccccc2Cl)SC1=S)Nc1nc2ccccc2s1. The lowest BCUT2D eigenvalue weighted by Crippen LogP contribution is -2.36. The molecule has 5 nitrogen and oxygen atoms in total. The molecule has 2 amide bonds. The van der Waals surface area contributed by atoms with Crippen LogP contribution in [-0.4, -0.2) is 32.6 Å². The molecule has 0 radical (unpaired) electrons. The largest absolute Gasteiger partial charge is 0.300 e. The number of anilines is 1. The Balaban J connectivity index is 1.47. The van der Waals surface area contributed by atoms with Gasteiger partial charge in [-0.1, -0.05) is 77.2 Å². The molecule has 9 heteroatoms. The van der Waals surface area contributed by atoms with Gasteiger partial charge < -0.3 is 5.32 Å². The number of carbonyl (C=O) groups is 2. The van der Waals surface area contributed by atoms with Crippen molar-refractivity contribution in [1.29, 1.82) is 0 Å². The summed E-state index contributed by atoms with van der Waals surface area (Å²) in [4.78, 5) is 31.2. The van der Waals surface area contributed by atoms with Crippen molar-refractivity contribution in [1.82, 2.24) is 9.88 Å². The fourth-order valence-electron chi connectivity index (χ4n) is 2.60. The van der Waals surface area contributed by atoms with Crippen molar-refractivity contribution >= 4 is 84.5 Å². The normalized spacial score (nSPS) is 15.6. The van der Waals surface area contributed by atoms with Crippen LogP contribution in [0.15, 0.2) is 53.4 Å². The summed E-state index contributed by atoms with van der Waals surface area (Å²) in [6.07, 6.45) is 1.69. The maximum Gasteiger partial charge on any atom is 0.266 e. The van der Waals surface area contributed by atoms with Gasteiger partial charge in [0.2, 0.25) is 5.91 Å². The first-order valence-corrected chi connectivity index (χ1v) is 10.6. The Morgan fingerprint density at radius 3 is 2.75 bits per heavy atom. The molecular weight excluding hydrogens is 434 g/mol. The lowest BCUT2D eigenvalue weighted by atomic mass is 10.2. The van der Waals surface area contributed by atoms with Crippen molar-refractivity contribution in [3.05, 3.63) is 64.0 Å². The highest BCUT2D eigenvalue weighted by molar-refractivity contribution is 8.26. The lowest BCUT2D eigenvalue weighted by Gasteiger charge is -2.13. The van der Waals surface area contributed by atoms with Gasteiger partial charge in [-0.05, 0) is 29.8 Å². The molecule has 28 heavy (non-hydrogen) atoms. The monoisotopic (exact) mass is 445 g/mol. The number of rotatable bonds is 4. The third-order valence-corrected chi connectivity index (χ3v) is 6.58. The minimum atomic E-state index is -0.352. The van der Waals surface area contributed by atoms with Crippen LogP contribution in [0.5, 0.6) is 0 Å². The maximum atomic E-state index is 12.7. The standard InChI is InChI=1S/C19H12ClN3O2S3/c20-12-6-2-1-5-11(12)9-15-17(25)23(19(26)28-15)10-16(24)22-18-21-13-7-3-4-8-14(13)27-18/h1-9H,10H2,(H,21,22,24)/b15-9+. The summed E-state index contributed by atoms with van der Waals surface area (Å²) in [5.74, 6) is -0.663. The number of nitrogens with zero attached hydrogens (tertiary/aromatic N) is 2. The Hall–Kier alpha value is -2.26. The zero-order valence-corrected chi connectivity index (χ0v) is 17.4. The molecule has 0 saturated carbocycles. The van der Waals surface area contributed by atoms with E-state index in [4.69, 9.17) is 23.8 Å². The first-order chi connectivity index (χ1) is 13.5. The number of benzene rings is 2. The van der Waals surface area contributed by atoms with Crippen molar-refractivity contribution in [2.24, 2.45) is 0 Å². The minimum absolute atomic E-state index is 0.166. The molecule has 4 rings (SSSR count). The van der Waals surface area contributed by atoms with Gasteiger partial charge in [-0.25, -0.2) is 4.98 Å². The van der Waals surface area contributed by atoms with Crippen molar-refractivity contribution < 1.29 is 9.59 Å². The van der Waals surface area contributed by atoms with Gasteiger partial charge in [-0.2, -0.15) is 0 Å². The number of halogens is 1. The van der Waals surface area contributed by atoms with Crippen LogP contribution in [0, 0.1) is 0 Å². The Morgan fingerprint density at radius 1 is 1.21 bits per heavy atom. The molecule has 1 saturated heterocycles. The van der Waals surface area contributed by atoms with Crippen LogP contribution in [0.1, 0.15) is 5.56 Å². The molecule has 1 N–H and O–H groups in total. The molecule has 1 aliphatic heterocycles. The van der Waals surface area contributed by atoms with Crippen LogP contribution >= 0.6 is 46.9 Å². The lowest BCUT2D eigenvalue weighted by molar-refractivity contribution is -0.126. The van der Waals surface area contributed by atoms with Crippen LogP contribution in [0.3, 0.4) is 0 Å². The van der Waals surface area contributed by atoms with Gasteiger partial charge in [0.05, 0.1) is 15.1 Å². The number of thiocarbonyl (C=S) groups is 1. The molecule has 2 heterocycles. The Bertz CT molecular complexity index is 1110. The van der Waals surface area contributed by atoms with Gasteiger partial charge in [0.15, 0.2) is 5.13 Å². The highest BCUT2D eigenvalue weighted by atomic mass is 35.5. The second-order valence-electron chi connectivity index (χ2n) is 5.82. The van der Waals surface area contributed by atoms with E-state index in [-0.39, 0.29) is 18.4 Å². The summed E-state index contributed by atoms with van der Waals surface area (Å²) in [7, 11) is 0. The predicted octanol–water partition coefficient (Wildman–Crippen LogP) is 4.79. The zero-order valence-electron chi connectivity index (χ0n) is 14.2. The predicted molar refractivity (Wildman–Crippen MR) is 120 cm³/mol. The average molecular weight is 446 g/mol. The Kier molecular flexibility index (Phi) is 5.45. The average Bonchev–Trinajstić information content (AvgIpc) is 3.19. The topological polar surface area (TPSA) is 62.3 Å². The summed E-state index contributed by atoms with van der Waals surface area (Å²) in [6, 6.07) is 14.8. The van der Waals surface area contributed by atoms with Crippen molar-refractivity contribution in [3.8, 4) is 0 Å². The van der Waals surface area contributed by atoms with E-state index in [1.165, 1.54) is 16.2 Å². The summed E-state index contributed by atoms with van der Waals surface area (Å²) in [5, 5.41) is 3.77. The zero-order chi connectivity index (χ0) is 19.7. The van der Waals surface area contributed by atoms with E-state index in [2.05, 4.69) is 10.3 Å². The van der Waals surface area contributed by atoms with Crippen LogP contribution in [0.25, 0.3) is 16.3 Å². The number of thioether (sulfide) groups is 1. The number of hydrogen-bond acceptors (Lipinski definition) is 6. The summed E-state index contributed by atoms with van der Waals surface area (Å²) in [6.45, 7) is -0.166. The van der Waals surface area contributed by atoms with E-state index in [0.717, 1.165) is 27.5 Å². The molecule has 0 aliphatic carbocycles. The summed E-state index contributed by atoms with van der Waals surface area (Å²) in [5.41, 5.74) is 1.54.